The van der Waals surface area contributed by atoms with Gasteiger partial charge in [-0.2, -0.15) is 0 Å². The quantitative estimate of drug-likeness (QED) is 0.787. The Morgan fingerprint density at radius 1 is 1.26 bits per heavy atom. The van der Waals surface area contributed by atoms with Gasteiger partial charge in [0.05, 0.1) is 18.6 Å². The van der Waals surface area contributed by atoms with Gasteiger partial charge in [0.2, 0.25) is 0 Å². The third kappa shape index (κ3) is 5.56. The predicted octanol–water partition coefficient (Wildman–Crippen LogP) is 2.29. The number of primary amides is 1. The number of hydrogen-bond donors (Lipinski definition) is 2. The van der Waals surface area contributed by atoms with Crippen LogP contribution < -0.4 is 11.1 Å². The van der Waals surface area contributed by atoms with Gasteiger partial charge < -0.3 is 20.5 Å². The molecule has 23 heavy (non-hydrogen) atoms. The second-order valence-electron chi connectivity index (χ2n) is 5.81. The maximum absolute atomic E-state index is 12.2. The van der Waals surface area contributed by atoms with E-state index in [-0.39, 0.29) is 24.6 Å². The normalized spacial score (nSPS) is 22.1. The van der Waals surface area contributed by atoms with Crippen LogP contribution in [0.2, 0.25) is 0 Å². The summed E-state index contributed by atoms with van der Waals surface area (Å²) in [4.78, 5) is 23.4. The molecule has 6 heteroatoms. The van der Waals surface area contributed by atoms with Gasteiger partial charge in [0.25, 0.3) is 0 Å². The van der Waals surface area contributed by atoms with Gasteiger partial charge in [0.1, 0.15) is 6.10 Å². The fraction of sp³-hybridized carbons (Fsp3) is 0.529. The summed E-state index contributed by atoms with van der Waals surface area (Å²) >= 11 is 0. The first-order chi connectivity index (χ1) is 11.1. The van der Waals surface area contributed by atoms with Crippen LogP contribution in [-0.4, -0.2) is 31.3 Å². The lowest BCUT2D eigenvalue weighted by Gasteiger charge is -2.28. The summed E-state index contributed by atoms with van der Waals surface area (Å²) in [6.07, 6.45) is 3.65. The van der Waals surface area contributed by atoms with Crippen molar-refractivity contribution in [2.75, 3.05) is 7.11 Å². The van der Waals surface area contributed by atoms with Crippen molar-refractivity contribution < 1.29 is 19.1 Å². The summed E-state index contributed by atoms with van der Waals surface area (Å²) < 4.78 is 10.9. The van der Waals surface area contributed by atoms with E-state index in [0.29, 0.717) is 0 Å². The molecule has 0 aromatic heterocycles. The van der Waals surface area contributed by atoms with Gasteiger partial charge in [-0.25, -0.2) is 4.79 Å². The Bertz CT molecular complexity index is 521. The van der Waals surface area contributed by atoms with Crippen LogP contribution in [-0.2, 0) is 14.3 Å². The molecule has 0 radical (unpaired) electrons. The second kappa shape index (κ2) is 8.53. The number of ether oxygens (including phenoxy) is 2. The van der Waals surface area contributed by atoms with Crippen molar-refractivity contribution in [1.29, 1.82) is 0 Å². The number of nitrogens with two attached hydrogens (primary N) is 1. The molecule has 0 saturated heterocycles. The number of hydrogen-bond acceptors (Lipinski definition) is 4. The van der Waals surface area contributed by atoms with Crippen molar-refractivity contribution in [1.82, 2.24) is 5.32 Å². The van der Waals surface area contributed by atoms with Crippen molar-refractivity contribution in [2.24, 2.45) is 5.73 Å². The minimum absolute atomic E-state index is 0.0566. The largest absolute Gasteiger partial charge is 0.462 e. The average molecular weight is 320 g/mol. The van der Waals surface area contributed by atoms with E-state index in [1.54, 1.807) is 7.11 Å². The Labute approximate surface area is 136 Å². The van der Waals surface area contributed by atoms with Gasteiger partial charge in [-0.15, -0.1) is 0 Å². The first kappa shape index (κ1) is 17.3. The van der Waals surface area contributed by atoms with Crippen molar-refractivity contribution in [3.05, 3.63) is 35.9 Å². The Kier molecular flexibility index (Phi) is 6.40. The van der Waals surface area contributed by atoms with Crippen LogP contribution in [0.25, 0.3) is 0 Å². The molecule has 1 aromatic carbocycles. The summed E-state index contributed by atoms with van der Waals surface area (Å²) in [5.41, 5.74) is 6.03. The highest BCUT2D eigenvalue weighted by atomic mass is 16.5. The van der Waals surface area contributed by atoms with E-state index < -0.39 is 12.1 Å². The number of methoxy groups -OCH3 is 1. The lowest BCUT2D eigenvalue weighted by atomic mass is 9.95. The number of esters is 1. The third-order valence-electron chi connectivity index (χ3n) is 4.10. The highest BCUT2D eigenvalue weighted by Crippen LogP contribution is 2.24. The number of rotatable bonds is 6. The molecule has 0 unspecified atom stereocenters. The molecule has 0 bridgehead atoms. The molecule has 2 rings (SSSR count). The molecular weight excluding hydrogens is 296 g/mol. The predicted molar refractivity (Wildman–Crippen MR) is 85.7 cm³/mol. The highest BCUT2D eigenvalue weighted by Gasteiger charge is 2.26. The zero-order chi connectivity index (χ0) is 16.7. The first-order valence-electron chi connectivity index (χ1n) is 7.91. The van der Waals surface area contributed by atoms with E-state index in [1.165, 1.54) is 0 Å². The molecule has 0 heterocycles. The molecule has 0 spiro atoms. The number of nitrogens with one attached hydrogen (secondary N) is 1. The van der Waals surface area contributed by atoms with Gasteiger partial charge in [-0.1, -0.05) is 30.3 Å². The maximum atomic E-state index is 12.2. The van der Waals surface area contributed by atoms with Gasteiger partial charge in [-0.3, -0.25) is 4.79 Å². The van der Waals surface area contributed by atoms with Crippen LogP contribution >= 0.6 is 0 Å². The highest BCUT2D eigenvalue weighted by molar-refractivity contribution is 5.75. The Morgan fingerprint density at radius 3 is 2.61 bits per heavy atom. The molecule has 1 saturated carbocycles. The zero-order valence-corrected chi connectivity index (χ0v) is 13.4. The molecule has 1 aromatic rings. The minimum Gasteiger partial charge on any atom is -0.462 e. The van der Waals surface area contributed by atoms with Crippen LogP contribution in [0.1, 0.15) is 43.7 Å². The molecule has 3 N–H and O–H groups in total. The summed E-state index contributed by atoms with van der Waals surface area (Å²) in [7, 11) is 1.68. The Balaban J connectivity index is 1.93. The summed E-state index contributed by atoms with van der Waals surface area (Å²) in [6, 6.07) is 8.11. The van der Waals surface area contributed by atoms with Crippen LogP contribution in [0.15, 0.2) is 30.3 Å². The van der Waals surface area contributed by atoms with Crippen molar-refractivity contribution in [3.8, 4) is 0 Å². The van der Waals surface area contributed by atoms with Gasteiger partial charge in [-0.05, 0) is 24.8 Å². The SMILES string of the molecule is CO[C@@H]1CCC[C@H](OC(=O)C[C@@H](NC(N)=O)c2ccccc2)C1. The number of benzene rings is 1. The molecule has 2 amide bonds. The lowest BCUT2D eigenvalue weighted by Crippen LogP contribution is -2.35. The smallest absolute Gasteiger partial charge is 0.312 e. The zero-order valence-electron chi connectivity index (χ0n) is 13.4. The molecule has 1 aliphatic carbocycles. The fourth-order valence-electron chi connectivity index (χ4n) is 2.93. The molecule has 1 aliphatic rings. The van der Waals surface area contributed by atoms with Crippen molar-refractivity contribution in [2.45, 2.75) is 50.4 Å². The third-order valence-corrected chi connectivity index (χ3v) is 4.10. The van der Waals surface area contributed by atoms with E-state index in [1.807, 2.05) is 30.3 Å². The number of amides is 2. The van der Waals surface area contributed by atoms with Crippen LogP contribution in [0.4, 0.5) is 4.79 Å². The first-order valence-corrected chi connectivity index (χ1v) is 7.91. The molecule has 6 nitrogen and oxygen atoms in total. The van der Waals surface area contributed by atoms with Crippen LogP contribution in [0, 0.1) is 0 Å². The molecular formula is C17H24N2O4. The van der Waals surface area contributed by atoms with Crippen molar-refractivity contribution >= 4 is 12.0 Å². The molecule has 1 fully saturated rings. The Morgan fingerprint density at radius 2 is 1.96 bits per heavy atom. The monoisotopic (exact) mass is 320 g/mol. The van der Waals surface area contributed by atoms with Gasteiger partial charge in [0.15, 0.2) is 0 Å². The number of urea groups is 1. The molecule has 126 valence electrons. The fourth-order valence-corrected chi connectivity index (χ4v) is 2.93. The number of carbonyl (C=O) groups excluding carboxylic acids is 2. The topological polar surface area (TPSA) is 90.7 Å². The van der Waals surface area contributed by atoms with E-state index >= 15 is 0 Å². The number of carbonyl (C=O) groups is 2. The molecule has 0 aliphatic heterocycles. The van der Waals surface area contributed by atoms with Gasteiger partial charge in [0, 0.05) is 13.5 Å². The van der Waals surface area contributed by atoms with Crippen LogP contribution in [0.3, 0.4) is 0 Å². The average Bonchev–Trinajstić information content (AvgIpc) is 2.54. The second-order valence-corrected chi connectivity index (χ2v) is 5.81. The van der Waals surface area contributed by atoms with E-state index in [4.69, 9.17) is 15.2 Å². The summed E-state index contributed by atoms with van der Waals surface area (Å²) in [6.45, 7) is 0. The summed E-state index contributed by atoms with van der Waals surface area (Å²) in [5, 5.41) is 2.60. The lowest BCUT2D eigenvalue weighted by molar-refractivity contribution is -0.153. The molecule has 3 atom stereocenters. The van der Waals surface area contributed by atoms with E-state index in [0.717, 1.165) is 31.2 Å². The standard InChI is InChI=1S/C17H24N2O4/c1-22-13-8-5-9-14(10-13)23-16(20)11-15(19-17(18)21)12-6-3-2-4-7-12/h2-4,6-7,13-15H,5,8-11H2,1H3,(H3,18,19,21)/t13-,14+,15-/m1/s1. The maximum Gasteiger partial charge on any atom is 0.312 e. The Hall–Kier alpha value is -2.08. The minimum atomic E-state index is -0.663. The van der Waals surface area contributed by atoms with Crippen LogP contribution in [0.5, 0.6) is 0 Å². The van der Waals surface area contributed by atoms with Gasteiger partial charge >= 0.3 is 12.0 Å². The summed E-state index contributed by atoms with van der Waals surface area (Å²) in [5.74, 6) is -0.339. The van der Waals surface area contributed by atoms with E-state index in [2.05, 4.69) is 5.32 Å². The van der Waals surface area contributed by atoms with Crippen molar-refractivity contribution in [3.63, 3.8) is 0 Å². The van der Waals surface area contributed by atoms with E-state index in [9.17, 15) is 9.59 Å².